The molecule has 1 aliphatic heterocycles. The molecule has 2 unspecified atom stereocenters. The highest BCUT2D eigenvalue weighted by Crippen LogP contribution is 2.39. The highest BCUT2D eigenvalue weighted by atomic mass is 16.5. The van der Waals surface area contributed by atoms with Crippen LogP contribution in [0.15, 0.2) is 40.1 Å². The largest absolute Gasteiger partial charge is 0.434 e. The van der Waals surface area contributed by atoms with Crippen molar-refractivity contribution in [1.29, 1.82) is 0 Å². The maximum atomic E-state index is 13.6. The molecule has 5 aromatic heterocycles. The van der Waals surface area contributed by atoms with Gasteiger partial charge in [0.2, 0.25) is 5.71 Å². The molecule has 0 radical (unpaired) electrons. The molecule has 0 aliphatic carbocycles. The van der Waals surface area contributed by atoms with E-state index in [1.54, 1.807) is 20.1 Å². The quantitative estimate of drug-likeness (QED) is 0.393. The summed E-state index contributed by atoms with van der Waals surface area (Å²) in [6.45, 7) is 6.03. The Kier molecular flexibility index (Phi) is 4.89. The number of nitrogens with zero attached hydrogens (tertiary/aromatic N) is 7. The number of fused-ring (bicyclic) bond motifs is 3. The van der Waals surface area contributed by atoms with Crippen LogP contribution in [0.3, 0.4) is 0 Å². The number of ether oxygens (including phenoxy) is 1. The summed E-state index contributed by atoms with van der Waals surface area (Å²) < 4.78 is 17.5. The third kappa shape index (κ3) is 3.56. The fourth-order valence-electron chi connectivity index (χ4n) is 5.31. The standard InChI is InChI=1S/C25H27N7O3/c1-13-6-18(7-14(2)34-13)32-22-20-8-19(16-9-26-30(4)11-16)15(3)28-24(20)35-23(22)21(29-25(32)33)17-10-27-31(5)12-17/h8-14,18H,6-7H2,1-5H3. The van der Waals surface area contributed by atoms with Crippen molar-refractivity contribution in [2.24, 2.45) is 14.1 Å². The number of pyridine rings is 1. The lowest BCUT2D eigenvalue weighted by Gasteiger charge is -2.33. The first-order valence-corrected chi connectivity index (χ1v) is 11.8. The average molecular weight is 474 g/mol. The molecule has 0 saturated carbocycles. The summed E-state index contributed by atoms with van der Waals surface area (Å²) in [6, 6.07) is 1.98. The van der Waals surface area contributed by atoms with E-state index in [-0.39, 0.29) is 23.9 Å². The van der Waals surface area contributed by atoms with Crippen molar-refractivity contribution in [3.8, 4) is 22.4 Å². The summed E-state index contributed by atoms with van der Waals surface area (Å²) in [5, 5.41) is 9.37. The molecule has 0 spiro atoms. The van der Waals surface area contributed by atoms with Crippen molar-refractivity contribution in [3.63, 3.8) is 0 Å². The lowest BCUT2D eigenvalue weighted by Crippen LogP contribution is -2.36. The van der Waals surface area contributed by atoms with Crippen LogP contribution in [0.1, 0.15) is 38.4 Å². The molecule has 180 valence electrons. The number of furan rings is 1. The van der Waals surface area contributed by atoms with Gasteiger partial charge in [0.25, 0.3) is 0 Å². The Morgan fingerprint density at radius 3 is 2.26 bits per heavy atom. The molecule has 0 aromatic carbocycles. The predicted octanol–water partition coefficient (Wildman–Crippen LogP) is 3.78. The maximum Gasteiger partial charge on any atom is 0.349 e. The minimum absolute atomic E-state index is 0.0354. The Bertz CT molecular complexity index is 1630. The van der Waals surface area contributed by atoms with Gasteiger partial charge in [-0.15, -0.1) is 0 Å². The van der Waals surface area contributed by atoms with Gasteiger partial charge in [0.1, 0.15) is 11.2 Å². The van der Waals surface area contributed by atoms with Crippen molar-refractivity contribution in [3.05, 3.63) is 47.0 Å². The van der Waals surface area contributed by atoms with Crippen molar-refractivity contribution in [2.45, 2.75) is 51.9 Å². The van der Waals surface area contributed by atoms with Crippen LogP contribution >= 0.6 is 0 Å². The van der Waals surface area contributed by atoms with Crippen molar-refractivity contribution >= 4 is 22.2 Å². The van der Waals surface area contributed by atoms with Crippen molar-refractivity contribution < 1.29 is 9.15 Å². The molecule has 10 nitrogen and oxygen atoms in total. The lowest BCUT2D eigenvalue weighted by molar-refractivity contribution is -0.0486. The van der Waals surface area contributed by atoms with E-state index in [1.807, 2.05) is 53.5 Å². The molecule has 6 rings (SSSR count). The zero-order valence-corrected chi connectivity index (χ0v) is 20.4. The normalized spacial score (nSPS) is 20.8. The van der Waals surface area contributed by atoms with Crippen LogP contribution in [0.4, 0.5) is 0 Å². The molecule has 0 N–H and O–H groups in total. The molecule has 2 atom stereocenters. The minimum atomic E-state index is -0.311. The van der Waals surface area contributed by atoms with E-state index in [0.717, 1.165) is 27.8 Å². The molecular formula is C25H27N7O3. The van der Waals surface area contributed by atoms with Crippen molar-refractivity contribution in [2.75, 3.05) is 0 Å². The molecule has 10 heteroatoms. The van der Waals surface area contributed by atoms with E-state index >= 15 is 0 Å². The monoisotopic (exact) mass is 473 g/mol. The SMILES string of the molecule is Cc1nc2oc3c(-c4cnn(C)c4)nc(=O)n(C4CC(C)OC(C)C4)c3c2cc1-c1cnn(C)c1. The minimum Gasteiger partial charge on any atom is -0.434 e. The molecule has 35 heavy (non-hydrogen) atoms. The second-order valence-electron chi connectivity index (χ2n) is 9.55. The number of aryl methyl sites for hydroxylation is 3. The first kappa shape index (κ1) is 21.7. The molecule has 0 amide bonds. The van der Waals surface area contributed by atoms with E-state index in [2.05, 4.69) is 21.2 Å². The smallest absolute Gasteiger partial charge is 0.349 e. The third-order valence-corrected chi connectivity index (χ3v) is 6.75. The van der Waals surface area contributed by atoms with Crippen LogP contribution in [0.2, 0.25) is 0 Å². The molecule has 5 aromatic rings. The Balaban J connectivity index is 1.69. The predicted molar refractivity (Wildman–Crippen MR) is 131 cm³/mol. The first-order valence-electron chi connectivity index (χ1n) is 11.8. The fourth-order valence-corrected chi connectivity index (χ4v) is 5.31. The van der Waals surface area contributed by atoms with E-state index in [4.69, 9.17) is 14.1 Å². The zero-order valence-electron chi connectivity index (χ0n) is 20.4. The average Bonchev–Trinajstić information content (AvgIpc) is 3.50. The lowest BCUT2D eigenvalue weighted by atomic mass is 9.99. The van der Waals surface area contributed by atoms with E-state index in [9.17, 15) is 4.79 Å². The van der Waals surface area contributed by atoms with Crippen LogP contribution in [0.5, 0.6) is 0 Å². The Morgan fingerprint density at radius 1 is 0.971 bits per heavy atom. The third-order valence-electron chi connectivity index (χ3n) is 6.75. The van der Waals surface area contributed by atoms with Gasteiger partial charge in [-0.05, 0) is 39.7 Å². The molecule has 1 fully saturated rings. The number of hydrogen-bond acceptors (Lipinski definition) is 7. The molecular weight excluding hydrogens is 446 g/mol. The molecule has 1 aliphatic rings. The van der Waals surface area contributed by atoms with Crippen LogP contribution in [-0.4, -0.2) is 46.3 Å². The van der Waals surface area contributed by atoms with E-state index < -0.39 is 0 Å². The highest BCUT2D eigenvalue weighted by Gasteiger charge is 2.31. The van der Waals surface area contributed by atoms with Gasteiger partial charge in [-0.25, -0.2) is 9.78 Å². The summed E-state index contributed by atoms with van der Waals surface area (Å²) in [7, 11) is 3.71. The van der Waals surface area contributed by atoms with Crippen LogP contribution in [0, 0.1) is 6.92 Å². The van der Waals surface area contributed by atoms with Gasteiger partial charge in [-0.1, -0.05) is 0 Å². The maximum absolute atomic E-state index is 13.6. The second kappa shape index (κ2) is 7.88. The van der Waals surface area contributed by atoms with Crippen LogP contribution < -0.4 is 5.69 Å². The number of aromatic nitrogens is 7. The van der Waals surface area contributed by atoms with Gasteiger partial charge in [-0.2, -0.15) is 15.2 Å². The molecule has 0 bridgehead atoms. The van der Waals surface area contributed by atoms with Gasteiger partial charge in [-0.3, -0.25) is 13.9 Å². The first-order chi connectivity index (χ1) is 16.8. The molecule has 1 saturated heterocycles. The van der Waals surface area contributed by atoms with Gasteiger partial charge < -0.3 is 9.15 Å². The summed E-state index contributed by atoms with van der Waals surface area (Å²) in [4.78, 5) is 22.9. The summed E-state index contributed by atoms with van der Waals surface area (Å²) in [5.41, 5.74) is 5.33. The summed E-state index contributed by atoms with van der Waals surface area (Å²) in [5.74, 6) is 0. The van der Waals surface area contributed by atoms with Gasteiger partial charge in [0.05, 0.1) is 30.0 Å². The van der Waals surface area contributed by atoms with E-state index in [1.165, 1.54) is 0 Å². The highest BCUT2D eigenvalue weighted by molar-refractivity contribution is 6.06. The van der Waals surface area contributed by atoms with E-state index in [0.29, 0.717) is 35.3 Å². The van der Waals surface area contributed by atoms with Crippen LogP contribution in [0.25, 0.3) is 44.6 Å². The van der Waals surface area contributed by atoms with Gasteiger partial charge in [0, 0.05) is 54.9 Å². The van der Waals surface area contributed by atoms with Gasteiger partial charge >= 0.3 is 5.69 Å². The zero-order chi connectivity index (χ0) is 24.4. The fraction of sp³-hybridized carbons (Fsp3) is 0.400. The van der Waals surface area contributed by atoms with Crippen molar-refractivity contribution in [1.82, 2.24) is 34.1 Å². The Labute approximate surface area is 201 Å². The topological polar surface area (TPSA) is 106 Å². The molecule has 6 heterocycles. The Hall–Kier alpha value is -3.79. The van der Waals surface area contributed by atoms with Crippen LogP contribution in [-0.2, 0) is 18.8 Å². The Morgan fingerprint density at radius 2 is 1.63 bits per heavy atom. The number of rotatable bonds is 3. The van der Waals surface area contributed by atoms with Gasteiger partial charge in [0.15, 0.2) is 5.58 Å². The number of hydrogen-bond donors (Lipinski definition) is 0. The summed E-state index contributed by atoms with van der Waals surface area (Å²) in [6.07, 6.45) is 8.80. The summed E-state index contributed by atoms with van der Waals surface area (Å²) >= 11 is 0. The second-order valence-corrected chi connectivity index (χ2v) is 9.55.